The number of rotatable bonds is 3. The van der Waals surface area contributed by atoms with Gasteiger partial charge in [0.05, 0.1) is 11.4 Å². The van der Waals surface area contributed by atoms with Gasteiger partial charge in [-0.25, -0.2) is 4.39 Å². The van der Waals surface area contributed by atoms with Gasteiger partial charge >= 0.3 is 0 Å². The van der Waals surface area contributed by atoms with E-state index in [0.717, 1.165) is 0 Å². The van der Waals surface area contributed by atoms with E-state index in [0.29, 0.717) is 34.9 Å². The maximum Gasteiger partial charge on any atom is 0.276 e. The molecular weight excluding hydrogens is 259 g/mol. The highest BCUT2D eigenvalue weighted by Crippen LogP contribution is 2.21. The predicted molar refractivity (Wildman–Crippen MR) is 76.1 cm³/mol. The van der Waals surface area contributed by atoms with Crippen LogP contribution in [0, 0.1) is 19.7 Å². The summed E-state index contributed by atoms with van der Waals surface area (Å²) in [5.74, 6) is -0.755. The third-order valence-electron chi connectivity index (χ3n) is 3.20. The summed E-state index contributed by atoms with van der Waals surface area (Å²) in [7, 11) is 0. The van der Waals surface area contributed by atoms with Gasteiger partial charge in [-0.05, 0) is 32.9 Å². The summed E-state index contributed by atoms with van der Waals surface area (Å²) in [4.78, 5) is 12.3. The minimum Gasteiger partial charge on any atom is -0.395 e. The average molecular weight is 276 g/mol. The number of benzene rings is 1. The molecule has 106 valence electrons. The Balaban J connectivity index is 2.36. The molecule has 6 heteroatoms. The highest BCUT2D eigenvalue weighted by molar-refractivity contribution is 6.07. The zero-order chi connectivity index (χ0) is 14.9. The molecule has 3 N–H and O–H groups in total. The number of hydrogen-bond donors (Lipinski definition) is 2. The summed E-state index contributed by atoms with van der Waals surface area (Å²) in [5, 5.41) is 6.86. The lowest BCUT2D eigenvalue weighted by atomic mass is 10.2. The molecule has 20 heavy (non-hydrogen) atoms. The monoisotopic (exact) mass is 276 g/mol. The van der Waals surface area contributed by atoms with Gasteiger partial charge in [0.25, 0.3) is 5.91 Å². The topological polar surface area (TPSA) is 72.9 Å². The average Bonchev–Trinajstić information content (AvgIpc) is 2.70. The molecule has 0 bridgehead atoms. The molecule has 0 saturated heterocycles. The molecule has 0 aliphatic rings. The third-order valence-corrected chi connectivity index (χ3v) is 3.20. The molecule has 0 atom stereocenters. The lowest BCUT2D eigenvalue weighted by molar-refractivity contribution is 0.101. The molecule has 0 aliphatic heterocycles. The Bertz CT molecular complexity index is 663. The minimum absolute atomic E-state index is 0.300. The first-order valence-electron chi connectivity index (χ1n) is 6.35. The van der Waals surface area contributed by atoms with Crippen molar-refractivity contribution < 1.29 is 9.18 Å². The van der Waals surface area contributed by atoms with Crippen molar-refractivity contribution in [3.63, 3.8) is 0 Å². The second-order valence-corrected chi connectivity index (χ2v) is 4.53. The summed E-state index contributed by atoms with van der Waals surface area (Å²) in [6, 6.07) is 4.54. The van der Waals surface area contributed by atoms with Gasteiger partial charge in [-0.1, -0.05) is 6.07 Å². The standard InChI is InChI=1S/C14H17FN4O/c1-4-19-13(12(16)9(3)18-19)14(20)17-11-7-5-6-10(15)8(11)2/h5-7H,4,16H2,1-3H3,(H,17,20). The van der Waals surface area contributed by atoms with Crippen LogP contribution in [0.15, 0.2) is 18.2 Å². The van der Waals surface area contributed by atoms with Gasteiger partial charge in [-0.15, -0.1) is 0 Å². The quantitative estimate of drug-likeness (QED) is 0.904. The van der Waals surface area contributed by atoms with Crippen LogP contribution in [-0.4, -0.2) is 15.7 Å². The molecule has 0 radical (unpaired) electrons. The Labute approximate surface area is 116 Å². The molecule has 5 nitrogen and oxygen atoms in total. The number of nitrogens with one attached hydrogen (secondary N) is 1. The Morgan fingerprint density at radius 1 is 1.45 bits per heavy atom. The van der Waals surface area contributed by atoms with Crippen molar-refractivity contribution in [3.05, 3.63) is 41.0 Å². The highest BCUT2D eigenvalue weighted by Gasteiger charge is 2.20. The maximum absolute atomic E-state index is 13.5. The molecule has 0 fully saturated rings. The Kier molecular flexibility index (Phi) is 3.74. The van der Waals surface area contributed by atoms with Crippen LogP contribution in [0.3, 0.4) is 0 Å². The lowest BCUT2D eigenvalue weighted by Gasteiger charge is -2.10. The molecule has 0 saturated carbocycles. The van der Waals surface area contributed by atoms with Crippen LogP contribution in [0.1, 0.15) is 28.7 Å². The van der Waals surface area contributed by atoms with Crippen LogP contribution < -0.4 is 11.1 Å². The smallest absolute Gasteiger partial charge is 0.276 e. The van der Waals surface area contributed by atoms with Gasteiger partial charge in [0, 0.05) is 17.8 Å². The van der Waals surface area contributed by atoms with Crippen molar-refractivity contribution in [2.24, 2.45) is 0 Å². The van der Waals surface area contributed by atoms with E-state index in [2.05, 4.69) is 10.4 Å². The van der Waals surface area contributed by atoms with E-state index in [4.69, 9.17) is 5.73 Å². The first-order valence-corrected chi connectivity index (χ1v) is 6.35. The number of halogens is 1. The molecular formula is C14H17FN4O. The molecule has 0 spiro atoms. The fraction of sp³-hybridized carbons (Fsp3) is 0.286. The molecule has 1 aromatic heterocycles. The van der Waals surface area contributed by atoms with Crippen LogP contribution >= 0.6 is 0 Å². The first kappa shape index (κ1) is 14.0. The normalized spacial score (nSPS) is 10.6. The highest BCUT2D eigenvalue weighted by atomic mass is 19.1. The molecule has 1 heterocycles. The van der Waals surface area contributed by atoms with Gasteiger partial charge in [0.1, 0.15) is 11.5 Å². The van der Waals surface area contributed by atoms with Gasteiger partial charge in [-0.3, -0.25) is 9.48 Å². The van der Waals surface area contributed by atoms with E-state index in [-0.39, 0.29) is 5.82 Å². The van der Waals surface area contributed by atoms with Crippen molar-refractivity contribution in [2.45, 2.75) is 27.3 Å². The number of carbonyl (C=O) groups is 1. The van der Waals surface area contributed by atoms with E-state index >= 15 is 0 Å². The van der Waals surface area contributed by atoms with E-state index in [1.807, 2.05) is 6.92 Å². The Morgan fingerprint density at radius 2 is 2.15 bits per heavy atom. The molecule has 0 aliphatic carbocycles. The number of carbonyl (C=O) groups excluding carboxylic acids is 1. The SMILES string of the molecule is CCn1nc(C)c(N)c1C(=O)Nc1cccc(F)c1C. The zero-order valence-corrected chi connectivity index (χ0v) is 11.7. The Hall–Kier alpha value is -2.37. The molecule has 1 amide bonds. The summed E-state index contributed by atoms with van der Waals surface area (Å²) in [6.07, 6.45) is 0. The Morgan fingerprint density at radius 3 is 2.80 bits per heavy atom. The van der Waals surface area contributed by atoms with Crippen molar-refractivity contribution in [3.8, 4) is 0 Å². The number of nitrogen functional groups attached to an aromatic ring is 1. The maximum atomic E-state index is 13.5. The first-order chi connectivity index (χ1) is 9.45. The number of aryl methyl sites for hydroxylation is 2. The molecule has 0 unspecified atom stereocenters. The summed E-state index contributed by atoms with van der Waals surface area (Å²) in [5.41, 5.74) is 7.95. The van der Waals surface area contributed by atoms with Crippen LogP contribution in [0.5, 0.6) is 0 Å². The number of aromatic nitrogens is 2. The van der Waals surface area contributed by atoms with Gasteiger partial charge < -0.3 is 11.1 Å². The van der Waals surface area contributed by atoms with Crippen molar-refractivity contribution >= 4 is 17.3 Å². The van der Waals surface area contributed by atoms with Gasteiger partial charge in [-0.2, -0.15) is 5.10 Å². The van der Waals surface area contributed by atoms with Crippen molar-refractivity contribution in [2.75, 3.05) is 11.1 Å². The van der Waals surface area contributed by atoms with Gasteiger partial charge in [0.15, 0.2) is 0 Å². The largest absolute Gasteiger partial charge is 0.395 e. The van der Waals surface area contributed by atoms with Crippen LogP contribution in [0.4, 0.5) is 15.8 Å². The van der Waals surface area contributed by atoms with E-state index in [9.17, 15) is 9.18 Å². The van der Waals surface area contributed by atoms with Crippen LogP contribution in [-0.2, 0) is 6.54 Å². The number of hydrogen-bond acceptors (Lipinski definition) is 3. The third kappa shape index (κ3) is 2.36. The number of nitrogens with zero attached hydrogens (tertiary/aromatic N) is 2. The summed E-state index contributed by atoms with van der Waals surface area (Å²) in [6.45, 7) is 5.75. The van der Waals surface area contributed by atoms with Crippen LogP contribution in [0.25, 0.3) is 0 Å². The summed E-state index contributed by atoms with van der Waals surface area (Å²) >= 11 is 0. The minimum atomic E-state index is -0.390. The second-order valence-electron chi connectivity index (χ2n) is 4.53. The van der Waals surface area contributed by atoms with E-state index in [1.165, 1.54) is 10.7 Å². The van der Waals surface area contributed by atoms with Crippen molar-refractivity contribution in [1.82, 2.24) is 9.78 Å². The zero-order valence-electron chi connectivity index (χ0n) is 11.7. The molecule has 2 aromatic rings. The molecule has 1 aromatic carbocycles. The fourth-order valence-electron chi connectivity index (χ4n) is 1.99. The predicted octanol–water partition coefficient (Wildman–Crippen LogP) is 2.49. The van der Waals surface area contributed by atoms with Gasteiger partial charge in [0.2, 0.25) is 0 Å². The van der Waals surface area contributed by atoms with Crippen LogP contribution in [0.2, 0.25) is 0 Å². The number of nitrogens with two attached hydrogens (primary N) is 1. The second kappa shape index (κ2) is 5.32. The fourth-order valence-corrected chi connectivity index (χ4v) is 1.99. The van der Waals surface area contributed by atoms with E-state index < -0.39 is 5.91 Å². The lowest BCUT2D eigenvalue weighted by Crippen LogP contribution is -2.19. The summed E-state index contributed by atoms with van der Waals surface area (Å²) < 4.78 is 15.0. The number of amides is 1. The number of anilines is 2. The molecule has 2 rings (SSSR count). The van der Waals surface area contributed by atoms with E-state index in [1.54, 1.807) is 26.0 Å². The van der Waals surface area contributed by atoms with Crippen molar-refractivity contribution in [1.29, 1.82) is 0 Å².